The summed E-state index contributed by atoms with van der Waals surface area (Å²) in [7, 11) is 0. The number of benzene rings is 3. The Bertz CT molecular complexity index is 1270. The fourth-order valence-corrected chi connectivity index (χ4v) is 3.18. The van der Waals surface area contributed by atoms with Crippen LogP contribution >= 0.6 is 0 Å². The van der Waals surface area contributed by atoms with Crippen LogP contribution in [0.4, 0.5) is 0 Å². The number of rotatable bonds is 8. The van der Waals surface area contributed by atoms with E-state index in [0.717, 1.165) is 40.5 Å². The molecule has 0 saturated carbocycles. The van der Waals surface area contributed by atoms with Crippen LogP contribution in [-0.2, 0) is 14.4 Å². The summed E-state index contributed by atoms with van der Waals surface area (Å²) in [4.78, 5) is 34.8. The number of esters is 3. The molecule has 0 aliphatic heterocycles. The lowest BCUT2D eigenvalue weighted by Crippen LogP contribution is -2.05. The van der Waals surface area contributed by atoms with Crippen LogP contribution in [0.3, 0.4) is 0 Å². The minimum absolute atomic E-state index is 0.337. The normalized spacial score (nSPS) is 10.0. The van der Waals surface area contributed by atoms with Crippen LogP contribution < -0.4 is 14.2 Å². The van der Waals surface area contributed by atoms with Gasteiger partial charge in [0.25, 0.3) is 0 Å². The van der Waals surface area contributed by atoms with Crippen molar-refractivity contribution in [2.45, 2.75) is 6.92 Å². The van der Waals surface area contributed by atoms with Crippen LogP contribution in [0.2, 0.25) is 0 Å². The molecule has 3 rings (SSSR count). The van der Waals surface area contributed by atoms with Gasteiger partial charge in [-0.05, 0) is 65.6 Å². The number of carbonyl (C=O) groups is 3. The molecule has 0 unspecified atom stereocenters. The molecule has 0 spiro atoms. The lowest BCUT2D eigenvalue weighted by Gasteiger charge is -2.15. The molecule has 0 N–H and O–H groups in total. The standard InChI is InChI=1S/C28H22O6/c1-5-26(29)32-21-12-8-19(9-13-21)23-17-25(34-28(31)7-3)24(16-18(23)4)20-10-14-22(15-11-20)33-27(30)6-2/h5-17H,1-3H2,4H3. The van der Waals surface area contributed by atoms with E-state index in [2.05, 4.69) is 19.7 Å². The number of hydrogen-bond donors (Lipinski definition) is 0. The van der Waals surface area contributed by atoms with Crippen molar-refractivity contribution in [2.75, 3.05) is 0 Å². The summed E-state index contributed by atoms with van der Waals surface area (Å²) in [5.74, 6) is -0.610. The van der Waals surface area contributed by atoms with Crippen LogP contribution in [0.25, 0.3) is 22.3 Å². The topological polar surface area (TPSA) is 78.9 Å². The second-order valence-corrected chi connectivity index (χ2v) is 7.09. The fourth-order valence-electron chi connectivity index (χ4n) is 3.18. The number of aryl methyl sites for hydroxylation is 1. The predicted molar refractivity (Wildman–Crippen MR) is 130 cm³/mol. The quantitative estimate of drug-likeness (QED) is 0.250. The van der Waals surface area contributed by atoms with E-state index >= 15 is 0 Å². The monoisotopic (exact) mass is 454 g/mol. The molecule has 0 atom stereocenters. The van der Waals surface area contributed by atoms with Crippen LogP contribution in [0, 0.1) is 6.92 Å². The van der Waals surface area contributed by atoms with E-state index in [-0.39, 0.29) is 0 Å². The molecule has 0 bridgehead atoms. The molecule has 0 saturated heterocycles. The van der Waals surface area contributed by atoms with Crippen LogP contribution in [0.15, 0.2) is 98.6 Å². The summed E-state index contributed by atoms with van der Waals surface area (Å²) in [6.45, 7) is 12.2. The molecule has 3 aromatic carbocycles. The fraction of sp³-hybridized carbons (Fsp3) is 0.0357. The molecule has 0 fully saturated rings. The molecule has 0 aliphatic rings. The molecule has 0 amide bonds. The van der Waals surface area contributed by atoms with Crippen LogP contribution in [0.5, 0.6) is 17.2 Å². The Morgan fingerprint density at radius 2 is 1.03 bits per heavy atom. The minimum Gasteiger partial charge on any atom is -0.423 e. The van der Waals surface area contributed by atoms with Crippen molar-refractivity contribution in [1.82, 2.24) is 0 Å². The molecule has 0 aromatic heterocycles. The summed E-state index contributed by atoms with van der Waals surface area (Å²) in [6.07, 6.45) is 3.26. The third-order valence-electron chi connectivity index (χ3n) is 4.80. The Hall–Kier alpha value is -4.71. The number of carbonyl (C=O) groups excluding carboxylic acids is 3. The Balaban J connectivity index is 2.01. The number of hydrogen-bond acceptors (Lipinski definition) is 6. The molecular weight excluding hydrogens is 432 g/mol. The average molecular weight is 454 g/mol. The Kier molecular flexibility index (Phi) is 7.56. The maximum atomic E-state index is 12.0. The summed E-state index contributed by atoms with van der Waals surface area (Å²) in [5.41, 5.74) is 4.02. The van der Waals surface area contributed by atoms with E-state index in [1.807, 2.05) is 13.0 Å². The molecule has 34 heavy (non-hydrogen) atoms. The maximum Gasteiger partial charge on any atom is 0.335 e. The van der Waals surface area contributed by atoms with Gasteiger partial charge >= 0.3 is 17.9 Å². The van der Waals surface area contributed by atoms with Gasteiger partial charge in [-0.25, -0.2) is 14.4 Å². The number of ether oxygens (including phenoxy) is 3. The van der Waals surface area contributed by atoms with Gasteiger partial charge in [0.1, 0.15) is 17.2 Å². The van der Waals surface area contributed by atoms with Crippen molar-refractivity contribution in [3.05, 3.63) is 104 Å². The van der Waals surface area contributed by atoms with E-state index in [0.29, 0.717) is 22.8 Å². The van der Waals surface area contributed by atoms with Crippen molar-refractivity contribution in [2.24, 2.45) is 0 Å². The van der Waals surface area contributed by atoms with Crippen LogP contribution in [0.1, 0.15) is 5.56 Å². The van der Waals surface area contributed by atoms with Gasteiger partial charge in [0.15, 0.2) is 0 Å². The predicted octanol–water partition coefficient (Wildman–Crippen LogP) is 5.60. The zero-order valence-corrected chi connectivity index (χ0v) is 18.6. The van der Waals surface area contributed by atoms with Crippen molar-refractivity contribution in [1.29, 1.82) is 0 Å². The van der Waals surface area contributed by atoms with E-state index in [1.165, 1.54) is 0 Å². The molecule has 0 heterocycles. The third-order valence-corrected chi connectivity index (χ3v) is 4.80. The first kappa shape index (κ1) is 23.9. The van der Waals surface area contributed by atoms with Crippen molar-refractivity contribution in [3.8, 4) is 39.5 Å². The van der Waals surface area contributed by atoms with Crippen LogP contribution in [-0.4, -0.2) is 17.9 Å². The smallest absolute Gasteiger partial charge is 0.335 e. The molecule has 6 heteroatoms. The largest absolute Gasteiger partial charge is 0.423 e. The molecule has 0 aliphatic carbocycles. The second-order valence-electron chi connectivity index (χ2n) is 7.09. The molecule has 6 nitrogen and oxygen atoms in total. The SMILES string of the molecule is C=CC(=O)Oc1ccc(-c2cc(OC(=O)C=C)c(-c3ccc(OC(=O)C=C)cc3)cc2C)cc1. The van der Waals surface area contributed by atoms with Gasteiger partial charge in [-0.2, -0.15) is 0 Å². The van der Waals surface area contributed by atoms with Crippen molar-refractivity contribution >= 4 is 17.9 Å². The van der Waals surface area contributed by atoms with Gasteiger partial charge in [-0.1, -0.05) is 44.0 Å². The highest BCUT2D eigenvalue weighted by Gasteiger charge is 2.15. The zero-order valence-electron chi connectivity index (χ0n) is 18.6. The van der Waals surface area contributed by atoms with Gasteiger partial charge in [-0.3, -0.25) is 0 Å². The minimum atomic E-state index is -0.598. The lowest BCUT2D eigenvalue weighted by molar-refractivity contribution is -0.129. The highest BCUT2D eigenvalue weighted by Crippen LogP contribution is 2.38. The average Bonchev–Trinajstić information content (AvgIpc) is 2.85. The van der Waals surface area contributed by atoms with Gasteiger partial charge < -0.3 is 14.2 Å². The third kappa shape index (κ3) is 5.75. The highest BCUT2D eigenvalue weighted by molar-refractivity contribution is 5.88. The first-order valence-corrected chi connectivity index (χ1v) is 10.2. The summed E-state index contributed by atoms with van der Waals surface area (Å²) < 4.78 is 15.8. The van der Waals surface area contributed by atoms with Crippen molar-refractivity contribution < 1.29 is 28.6 Å². The molecule has 3 aromatic rings. The first-order chi connectivity index (χ1) is 16.3. The van der Waals surface area contributed by atoms with Gasteiger partial charge in [0.2, 0.25) is 0 Å². The summed E-state index contributed by atoms with van der Waals surface area (Å²) in [6, 6.07) is 17.4. The second kappa shape index (κ2) is 10.7. The molecule has 170 valence electrons. The maximum absolute atomic E-state index is 12.0. The zero-order chi connectivity index (χ0) is 24.7. The van der Waals surface area contributed by atoms with Gasteiger partial charge in [-0.15, -0.1) is 0 Å². The van der Waals surface area contributed by atoms with E-state index < -0.39 is 17.9 Å². The van der Waals surface area contributed by atoms with Crippen molar-refractivity contribution in [3.63, 3.8) is 0 Å². The van der Waals surface area contributed by atoms with Gasteiger partial charge in [0.05, 0.1) is 0 Å². The Morgan fingerprint density at radius 1 is 0.618 bits per heavy atom. The Morgan fingerprint density at radius 3 is 1.47 bits per heavy atom. The molecular formula is C28H22O6. The van der Waals surface area contributed by atoms with Gasteiger partial charge in [0, 0.05) is 23.8 Å². The van der Waals surface area contributed by atoms with E-state index in [4.69, 9.17) is 14.2 Å². The molecule has 0 radical (unpaired) electrons. The van der Waals surface area contributed by atoms with E-state index in [1.54, 1.807) is 54.6 Å². The summed E-state index contributed by atoms with van der Waals surface area (Å²) >= 11 is 0. The summed E-state index contributed by atoms with van der Waals surface area (Å²) in [5, 5.41) is 0. The Labute approximate surface area is 197 Å². The van der Waals surface area contributed by atoms with E-state index in [9.17, 15) is 14.4 Å². The highest BCUT2D eigenvalue weighted by atomic mass is 16.5. The first-order valence-electron chi connectivity index (χ1n) is 10.2. The lowest BCUT2D eigenvalue weighted by atomic mass is 9.94.